The quantitative estimate of drug-likeness (QED) is 0.119. The largest absolute Gasteiger partial charge is 0.381 e. The number of carbonyl (C=O) groups excluding carboxylic acids is 4. The molecule has 3 heterocycles. The van der Waals surface area contributed by atoms with Crippen LogP contribution in [-0.4, -0.2) is 56.3 Å². The highest BCUT2D eigenvalue weighted by molar-refractivity contribution is 6.32. The lowest BCUT2D eigenvalue weighted by Gasteiger charge is -2.17. The Kier molecular flexibility index (Phi) is 13.4. The fourth-order valence-electron chi connectivity index (χ4n) is 8.03. The molecule has 0 bridgehead atoms. The van der Waals surface area contributed by atoms with Gasteiger partial charge in [-0.15, -0.1) is 11.6 Å². The van der Waals surface area contributed by atoms with E-state index in [1.54, 1.807) is 66.7 Å². The lowest BCUT2D eigenvalue weighted by atomic mass is 9.83. The molecule has 6 aromatic carbocycles. The Morgan fingerprint density at radius 3 is 1.42 bits per heavy atom. The van der Waals surface area contributed by atoms with Gasteiger partial charge in [0.25, 0.3) is 0 Å². The van der Waals surface area contributed by atoms with Crippen molar-refractivity contribution in [2.75, 3.05) is 13.2 Å². The van der Waals surface area contributed by atoms with Gasteiger partial charge >= 0.3 is 0 Å². The summed E-state index contributed by atoms with van der Waals surface area (Å²) in [5.41, 5.74) is 16.3. The van der Waals surface area contributed by atoms with E-state index in [2.05, 4.69) is 63.4 Å². The summed E-state index contributed by atoms with van der Waals surface area (Å²) in [5, 5.41) is 3.39. The van der Waals surface area contributed by atoms with E-state index in [1.807, 2.05) is 30.3 Å². The number of imidazole rings is 2. The van der Waals surface area contributed by atoms with Crippen LogP contribution in [0.2, 0.25) is 0 Å². The molecule has 8 aromatic rings. The topological polar surface area (TPSA) is 173 Å². The van der Waals surface area contributed by atoms with Crippen LogP contribution in [-0.2, 0) is 30.3 Å². The van der Waals surface area contributed by atoms with Crippen LogP contribution in [0, 0.1) is 13.8 Å². The molecule has 64 heavy (non-hydrogen) atoms. The first-order chi connectivity index (χ1) is 31.2. The number of aryl methyl sites for hydroxylation is 2. The molecule has 0 radical (unpaired) electrons. The Balaban J connectivity index is 0.000000138. The first-order valence-corrected chi connectivity index (χ1v) is 21.8. The van der Waals surface area contributed by atoms with Crippen molar-refractivity contribution in [3.63, 3.8) is 0 Å². The zero-order chi connectivity index (χ0) is 44.7. The van der Waals surface area contributed by atoms with Gasteiger partial charge in [-0.1, -0.05) is 97.1 Å². The number of halogens is 1. The van der Waals surface area contributed by atoms with Crippen molar-refractivity contribution in [3.05, 3.63) is 200 Å². The number of nitrogens with two attached hydrogens (primary N) is 1. The molecule has 1 saturated heterocycles. The van der Waals surface area contributed by atoms with E-state index >= 15 is 0 Å². The molecule has 12 heteroatoms. The van der Waals surface area contributed by atoms with Gasteiger partial charge in [0.1, 0.15) is 22.7 Å². The Morgan fingerprint density at radius 2 is 0.984 bits per heavy atom. The number of aromatic nitrogens is 4. The SMILES string of the molecule is C1CCOC1.Cc1ccccc1CN.Cc1ccccc1CNCc1nc2c3c(ccc2[nH]1)C(=O)c1ccccc1C3=O.O=C1c2ccccc2C(=O)c2c1ccc1[nH]c(CCl)nc21. The van der Waals surface area contributed by atoms with Gasteiger partial charge in [0.2, 0.25) is 0 Å². The van der Waals surface area contributed by atoms with Gasteiger partial charge in [0.15, 0.2) is 23.1 Å². The second kappa shape index (κ2) is 19.7. The van der Waals surface area contributed by atoms with E-state index in [0.717, 1.165) is 31.1 Å². The predicted molar refractivity (Wildman–Crippen MR) is 249 cm³/mol. The molecule has 5 N–H and O–H groups in total. The number of aromatic amines is 2. The number of hydrogen-bond acceptors (Lipinski definition) is 9. The van der Waals surface area contributed by atoms with E-state index in [4.69, 9.17) is 22.1 Å². The molecule has 0 atom stereocenters. The minimum Gasteiger partial charge on any atom is -0.381 e. The fourth-order valence-corrected chi connectivity index (χ4v) is 8.16. The third kappa shape index (κ3) is 8.97. The predicted octanol–water partition coefficient (Wildman–Crippen LogP) is 9.26. The van der Waals surface area contributed by atoms with E-state index in [9.17, 15) is 19.2 Å². The minimum atomic E-state index is -0.168. The standard InChI is InChI=1S/C24H19N3O2.C16H9ClN2O2.C8H11N.C4H8O/c1-14-6-2-3-7-15(14)12-25-13-20-26-19-11-10-18-21(22(19)27-20)24(29)17-9-5-4-8-16(17)23(18)28;17-7-12-18-11-6-5-10-13(14(11)19-12)16(21)9-4-2-1-3-8(9)15(10)20;1-7-4-2-3-5-8(7)6-9;1-2-4-5-3-1/h2-11,25H,12-13H2,1H3,(H,26,27);1-6H,7H2,(H,18,19);2-5H,6,9H2,1H3;1-4H2. The summed E-state index contributed by atoms with van der Waals surface area (Å²) in [6.45, 7) is 8.07. The van der Waals surface area contributed by atoms with E-state index in [-0.39, 0.29) is 29.0 Å². The molecule has 0 unspecified atom stereocenters. The van der Waals surface area contributed by atoms with Crippen LogP contribution in [0.15, 0.2) is 121 Å². The number of ether oxygens (including phenoxy) is 1. The van der Waals surface area contributed by atoms with Gasteiger partial charge in [-0.05, 0) is 73.2 Å². The third-order valence-electron chi connectivity index (χ3n) is 11.5. The number of nitrogens with one attached hydrogen (secondary N) is 3. The van der Waals surface area contributed by atoms with E-state index in [1.165, 1.54) is 35.1 Å². The highest BCUT2D eigenvalue weighted by Gasteiger charge is 2.33. The van der Waals surface area contributed by atoms with Crippen molar-refractivity contribution in [2.24, 2.45) is 5.73 Å². The molecule has 1 aliphatic heterocycles. The van der Waals surface area contributed by atoms with Crippen molar-refractivity contribution < 1.29 is 23.9 Å². The van der Waals surface area contributed by atoms with Crippen LogP contribution in [0.3, 0.4) is 0 Å². The molecule has 11 nitrogen and oxygen atoms in total. The fraction of sp³-hybridized carbons (Fsp3) is 0.192. The minimum absolute atomic E-state index is 0.126. The molecule has 11 rings (SSSR count). The first-order valence-electron chi connectivity index (χ1n) is 21.2. The lowest BCUT2D eigenvalue weighted by molar-refractivity contribution is 0.0980. The number of carbonyl (C=O) groups is 4. The van der Waals surface area contributed by atoms with Crippen molar-refractivity contribution >= 4 is 56.8 Å². The Labute approximate surface area is 375 Å². The average molecular weight is 871 g/mol. The van der Waals surface area contributed by atoms with Crippen LogP contribution < -0.4 is 11.1 Å². The Hall–Kier alpha value is -6.89. The number of alkyl halides is 1. The monoisotopic (exact) mass is 870 g/mol. The number of nitrogens with zero attached hydrogens (tertiary/aromatic N) is 2. The number of H-pyrrole nitrogens is 2. The summed E-state index contributed by atoms with van der Waals surface area (Å²) in [6, 6.07) is 37.2. The molecule has 322 valence electrons. The van der Waals surface area contributed by atoms with Gasteiger partial charge in [0.05, 0.1) is 34.6 Å². The molecular formula is C52H47ClN6O5. The molecule has 2 aliphatic carbocycles. The normalized spacial score (nSPS) is 13.4. The summed E-state index contributed by atoms with van der Waals surface area (Å²) in [5.74, 6) is 0.963. The van der Waals surface area contributed by atoms with Gasteiger partial charge < -0.3 is 25.8 Å². The average Bonchev–Trinajstić information content (AvgIpc) is 4.14. The second-order valence-electron chi connectivity index (χ2n) is 15.7. The number of rotatable bonds is 6. The molecule has 0 saturated carbocycles. The molecule has 2 aromatic heterocycles. The van der Waals surface area contributed by atoms with Gasteiger partial charge in [0, 0.05) is 59.7 Å². The van der Waals surface area contributed by atoms with Crippen molar-refractivity contribution in [1.29, 1.82) is 0 Å². The van der Waals surface area contributed by atoms with Crippen molar-refractivity contribution in [2.45, 2.75) is 52.2 Å². The highest BCUT2D eigenvalue weighted by atomic mass is 35.5. The van der Waals surface area contributed by atoms with Gasteiger partial charge in [-0.3, -0.25) is 19.2 Å². The van der Waals surface area contributed by atoms with Crippen LogP contribution in [0.4, 0.5) is 0 Å². The number of ketones is 4. The maximum Gasteiger partial charge on any atom is 0.196 e. The zero-order valence-corrected chi connectivity index (χ0v) is 36.4. The summed E-state index contributed by atoms with van der Waals surface area (Å²) in [4.78, 5) is 66.5. The molecule has 1 fully saturated rings. The molecular weight excluding hydrogens is 824 g/mol. The summed E-state index contributed by atoms with van der Waals surface area (Å²) in [7, 11) is 0. The van der Waals surface area contributed by atoms with Crippen LogP contribution in [0.25, 0.3) is 22.1 Å². The van der Waals surface area contributed by atoms with Crippen LogP contribution >= 0.6 is 11.6 Å². The van der Waals surface area contributed by atoms with Gasteiger partial charge in [-0.2, -0.15) is 0 Å². The lowest BCUT2D eigenvalue weighted by Crippen LogP contribution is -2.21. The maximum absolute atomic E-state index is 13.1. The number of hydrogen-bond donors (Lipinski definition) is 4. The maximum atomic E-state index is 13.1. The number of fused-ring (bicyclic) bond motifs is 8. The molecule has 0 amide bonds. The summed E-state index contributed by atoms with van der Waals surface area (Å²) >= 11 is 5.78. The summed E-state index contributed by atoms with van der Waals surface area (Å²) in [6.07, 6.45) is 2.56. The zero-order valence-electron chi connectivity index (χ0n) is 35.6. The molecule has 3 aliphatic rings. The van der Waals surface area contributed by atoms with Crippen LogP contribution in [0.5, 0.6) is 0 Å². The first kappa shape index (κ1) is 43.7. The summed E-state index contributed by atoms with van der Waals surface area (Å²) < 4.78 is 4.94. The second-order valence-corrected chi connectivity index (χ2v) is 15.9. The van der Waals surface area contributed by atoms with Crippen molar-refractivity contribution in [3.8, 4) is 0 Å². The Morgan fingerprint density at radius 1 is 0.547 bits per heavy atom. The van der Waals surface area contributed by atoms with Gasteiger partial charge in [-0.25, -0.2) is 9.97 Å². The smallest absolute Gasteiger partial charge is 0.196 e. The van der Waals surface area contributed by atoms with Crippen LogP contribution in [0.1, 0.15) is 110 Å². The van der Waals surface area contributed by atoms with E-state index in [0.29, 0.717) is 80.0 Å². The Bertz CT molecular complexity index is 3050. The third-order valence-corrected chi connectivity index (χ3v) is 11.7. The van der Waals surface area contributed by atoms with E-state index < -0.39 is 0 Å². The van der Waals surface area contributed by atoms with Crippen molar-refractivity contribution in [1.82, 2.24) is 25.3 Å². The highest BCUT2D eigenvalue weighted by Crippen LogP contribution is 2.33. The number of benzene rings is 6. The molecule has 0 spiro atoms.